The van der Waals surface area contributed by atoms with E-state index in [0.717, 1.165) is 59.6 Å². The Kier molecular flexibility index (Phi) is 8.57. The normalized spacial score (nSPS) is 21.2. The molecule has 3 saturated heterocycles. The smallest absolute Gasteiger partial charge is 0.324 e. The van der Waals surface area contributed by atoms with Crippen molar-refractivity contribution in [3.05, 3.63) is 76.8 Å². The fraction of sp³-hybridized carbons (Fsp3) is 0.472. The quantitative estimate of drug-likeness (QED) is 0.239. The molecular weight excluding hydrogens is 629 g/mol. The van der Waals surface area contributed by atoms with Gasteiger partial charge in [0.25, 0.3) is 0 Å². The van der Waals surface area contributed by atoms with Crippen molar-refractivity contribution in [2.75, 3.05) is 31.5 Å². The number of piperidine rings is 3. The number of aromatic nitrogens is 2. The van der Waals surface area contributed by atoms with E-state index < -0.39 is 15.6 Å². The first-order valence-electron chi connectivity index (χ1n) is 17.0. The Morgan fingerprint density at radius 1 is 1.00 bits per heavy atom. The topological polar surface area (TPSA) is 125 Å². The largest absolute Gasteiger partial charge is 0.433 e. The van der Waals surface area contributed by atoms with E-state index in [1.54, 1.807) is 28.6 Å². The molecule has 1 atom stereocenters. The summed E-state index contributed by atoms with van der Waals surface area (Å²) in [5.41, 5.74) is 3.79. The Bertz CT molecular complexity index is 2010. The van der Waals surface area contributed by atoms with Crippen molar-refractivity contribution in [3.63, 3.8) is 0 Å². The molecule has 2 aromatic heterocycles. The van der Waals surface area contributed by atoms with Crippen molar-refractivity contribution < 1.29 is 22.8 Å². The maximum atomic E-state index is 13.3. The lowest BCUT2D eigenvalue weighted by Crippen LogP contribution is -2.50. The molecular formula is C36H43N6O5S+. The third-order valence-electron chi connectivity index (χ3n) is 10.5. The van der Waals surface area contributed by atoms with Crippen molar-refractivity contribution >= 4 is 49.6 Å². The van der Waals surface area contributed by atoms with E-state index in [1.807, 2.05) is 43.1 Å². The molecule has 3 fully saturated rings. The maximum absolute atomic E-state index is 13.3. The van der Waals surface area contributed by atoms with E-state index in [0.29, 0.717) is 42.1 Å². The summed E-state index contributed by atoms with van der Waals surface area (Å²) in [6, 6.07) is 17.1. The summed E-state index contributed by atoms with van der Waals surface area (Å²) in [5.74, 6) is -0.219. The molecule has 0 radical (unpaired) electrons. The van der Waals surface area contributed by atoms with Crippen LogP contribution in [-0.4, -0.2) is 75.6 Å². The number of hydrogen-bond acceptors (Lipinski definition) is 6. The number of hydrogen-bond donors (Lipinski definition) is 1. The van der Waals surface area contributed by atoms with Crippen LogP contribution in [0.5, 0.6) is 0 Å². The van der Waals surface area contributed by atoms with E-state index in [9.17, 15) is 22.9 Å². The van der Waals surface area contributed by atoms with Crippen LogP contribution in [0.3, 0.4) is 0 Å². The van der Waals surface area contributed by atoms with Gasteiger partial charge in [0, 0.05) is 52.7 Å². The highest BCUT2D eigenvalue weighted by Crippen LogP contribution is 2.37. The van der Waals surface area contributed by atoms with Gasteiger partial charge in [0.05, 0.1) is 22.5 Å². The molecule has 7 rings (SSSR count). The first kappa shape index (κ1) is 32.4. The highest BCUT2D eigenvalue weighted by atomic mass is 32.2. The lowest BCUT2D eigenvalue weighted by atomic mass is 9.90. The SMILES string of the molecule is CC1(C)CCCCN1S(=O)(=O)Cc1cccc(NC(=O)N2CCC(c3cnc4c(c3)c3ccccc3n4C3CCC(=O)[N+](=O)C3)CC2)c1. The van der Waals surface area contributed by atoms with Crippen molar-refractivity contribution in [2.45, 2.75) is 82.0 Å². The summed E-state index contributed by atoms with van der Waals surface area (Å²) in [5, 5.41) is 5.09. The Hall–Kier alpha value is -4.16. The van der Waals surface area contributed by atoms with Crippen LogP contribution in [0.15, 0.2) is 60.8 Å². The van der Waals surface area contributed by atoms with Gasteiger partial charge in [0.1, 0.15) is 11.7 Å². The molecule has 11 nitrogen and oxygen atoms in total. The summed E-state index contributed by atoms with van der Waals surface area (Å²) < 4.78 is 31.0. The average molecular weight is 672 g/mol. The Balaban J connectivity index is 1.01. The number of amides is 3. The van der Waals surface area contributed by atoms with Gasteiger partial charge in [0.15, 0.2) is 0 Å². The summed E-state index contributed by atoms with van der Waals surface area (Å²) in [4.78, 5) is 44.1. The first-order chi connectivity index (χ1) is 23.0. The van der Waals surface area contributed by atoms with Crippen LogP contribution in [0.2, 0.25) is 0 Å². The van der Waals surface area contributed by atoms with Crippen LogP contribution in [0.1, 0.15) is 81.9 Å². The van der Waals surface area contributed by atoms with Crippen molar-refractivity contribution in [1.82, 2.24) is 18.8 Å². The third kappa shape index (κ3) is 6.23. The number of carbonyl (C=O) groups excluding carboxylic acids is 2. The van der Waals surface area contributed by atoms with Crippen molar-refractivity contribution in [2.24, 2.45) is 0 Å². The molecule has 5 heterocycles. The molecule has 48 heavy (non-hydrogen) atoms. The second-order valence-corrected chi connectivity index (χ2v) is 16.1. The van der Waals surface area contributed by atoms with Gasteiger partial charge in [0.2, 0.25) is 16.6 Å². The average Bonchev–Trinajstić information content (AvgIpc) is 3.39. The molecule has 0 bridgehead atoms. The number of likely N-dealkylation sites (tertiary alicyclic amines) is 1. The number of pyridine rings is 1. The Morgan fingerprint density at radius 2 is 1.79 bits per heavy atom. The molecule has 3 aliphatic heterocycles. The van der Waals surface area contributed by atoms with Crippen molar-refractivity contribution in [3.8, 4) is 0 Å². The number of fused-ring (bicyclic) bond motifs is 3. The van der Waals surface area contributed by atoms with Crippen LogP contribution < -0.4 is 5.32 Å². The number of carbonyl (C=O) groups is 2. The molecule has 0 spiro atoms. The molecule has 0 saturated carbocycles. The molecule has 3 aliphatic rings. The van der Waals surface area contributed by atoms with Crippen LogP contribution in [-0.2, 0) is 20.6 Å². The number of nitrogens with one attached hydrogen (secondary N) is 1. The van der Waals surface area contributed by atoms with Gasteiger partial charge in [-0.05, 0) is 87.3 Å². The standard InChI is InChI=1S/C36H42N6O5S/c1-36(2)16-5-6-17-41(36)48(46,47)24-25-8-7-9-28(20-25)38-35(44)39-18-14-26(15-19-39)27-21-31-30-10-3-4-11-32(30)42(34(31)37-22-27)29-12-13-33(43)40(45)23-29/h3-4,7-11,20-22,26,29H,5-6,12-19,23-24H2,1-2H3/p+1. The minimum atomic E-state index is -3.50. The number of nitrogens with zero attached hydrogens (tertiary/aromatic N) is 5. The number of rotatable bonds is 6. The highest BCUT2D eigenvalue weighted by Gasteiger charge is 2.38. The second kappa shape index (κ2) is 12.7. The molecule has 2 aromatic carbocycles. The predicted molar refractivity (Wildman–Crippen MR) is 185 cm³/mol. The van der Waals surface area contributed by atoms with Gasteiger partial charge in [-0.25, -0.2) is 23.0 Å². The minimum absolute atomic E-state index is 0.0972. The molecule has 12 heteroatoms. The fourth-order valence-electron chi connectivity index (χ4n) is 7.89. The summed E-state index contributed by atoms with van der Waals surface area (Å²) >= 11 is 0. The highest BCUT2D eigenvalue weighted by molar-refractivity contribution is 7.88. The molecule has 1 unspecified atom stereocenters. The third-order valence-corrected chi connectivity index (χ3v) is 12.5. The molecule has 3 amide bonds. The molecule has 0 aliphatic carbocycles. The molecule has 4 aromatic rings. The first-order valence-corrected chi connectivity index (χ1v) is 18.6. The second-order valence-electron chi connectivity index (χ2n) is 14.2. The number of para-hydroxylation sites is 1. The predicted octanol–water partition coefficient (Wildman–Crippen LogP) is 6.34. The molecule has 252 valence electrons. The minimum Gasteiger partial charge on any atom is -0.324 e. The van der Waals surface area contributed by atoms with Crippen LogP contribution >= 0.6 is 0 Å². The van der Waals surface area contributed by atoms with E-state index in [-0.39, 0.29) is 42.6 Å². The monoisotopic (exact) mass is 671 g/mol. The number of nitroso groups, excluding NO2 is 1. The zero-order chi connectivity index (χ0) is 33.6. The maximum Gasteiger partial charge on any atom is 0.433 e. The lowest BCUT2D eigenvalue weighted by molar-refractivity contribution is -0.482. The van der Waals surface area contributed by atoms with E-state index in [2.05, 4.69) is 22.0 Å². The van der Waals surface area contributed by atoms with Crippen LogP contribution in [0.4, 0.5) is 10.5 Å². The van der Waals surface area contributed by atoms with Gasteiger partial charge in [-0.2, -0.15) is 4.31 Å². The van der Waals surface area contributed by atoms with E-state index in [1.165, 1.54) is 0 Å². The van der Waals surface area contributed by atoms with Crippen LogP contribution in [0.25, 0.3) is 21.9 Å². The summed E-state index contributed by atoms with van der Waals surface area (Å²) in [6.45, 7) is 5.82. The van der Waals surface area contributed by atoms with Crippen LogP contribution in [0, 0.1) is 4.91 Å². The zero-order valence-electron chi connectivity index (χ0n) is 27.6. The summed E-state index contributed by atoms with van der Waals surface area (Å²) in [6.07, 6.45) is 7.10. The molecule has 1 N–H and O–H groups in total. The number of sulfonamides is 1. The van der Waals surface area contributed by atoms with Crippen molar-refractivity contribution in [1.29, 1.82) is 0 Å². The number of anilines is 1. The van der Waals surface area contributed by atoms with E-state index in [4.69, 9.17) is 4.98 Å². The number of benzene rings is 2. The van der Waals surface area contributed by atoms with Gasteiger partial charge in [-0.3, -0.25) is 0 Å². The van der Waals surface area contributed by atoms with E-state index >= 15 is 0 Å². The van der Waals surface area contributed by atoms with Gasteiger partial charge in [-0.15, -0.1) is 0 Å². The Morgan fingerprint density at radius 3 is 2.56 bits per heavy atom. The van der Waals surface area contributed by atoms with Gasteiger partial charge in [-0.1, -0.05) is 36.8 Å². The van der Waals surface area contributed by atoms with Gasteiger partial charge < -0.3 is 14.8 Å². The number of urea groups is 1. The summed E-state index contributed by atoms with van der Waals surface area (Å²) in [7, 11) is -3.50. The zero-order valence-corrected chi connectivity index (χ0v) is 28.4. The lowest BCUT2D eigenvalue weighted by Gasteiger charge is -2.41. The van der Waals surface area contributed by atoms with Gasteiger partial charge >= 0.3 is 11.9 Å². The Labute approximate surface area is 280 Å². The fourth-order valence-corrected chi connectivity index (χ4v) is 9.90.